The van der Waals surface area contributed by atoms with Crippen LogP contribution in [-0.4, -0.2) is 38.9 Å². The van der Waals surface area contributed by atoms with Crippen molar-refractivity contribution in [3.05, 3.63) is 0 Å². The van der Waals surface area contributed by atoms with E-state index in [1.807, 2.05) is 0 Å². The number of ether oxygens (including phenoxy) is 2. The van der Waals surface area contributed by atoms with E-state index >= 15 is 0 Å². The smallest absolute Gasteiger partial charge is 0.310 e. The van der Waals surface area contributed by atoms with Gasteiger partial charge < -0.3 is 14.8 Å². The van der Waals surface area contributed by atoms with E-state index in [9.17, 15) is 4.79 Å². The Hall–Kier alpha value is -0.610. The van der Waals surface area contributed by atoms with Crippen LogP contribution in [0.15, 0.2) is 0 Å². The molecule has 1 spiro atoms. The summed E-state index contributed by atoms with van der Waals surface area (Å²) in [6.07, 6.45) is 2.20. The molecule has 0 saturated carbocycles. The van der Waals surface area contributed by atoms with Crippen molar-refractivity contribution in [2.45, 2.75) is 32.8 Å². The number of nitrogens with one attached hydrogen (secondary N) is 1. The Kier molecular flexibility index (Phi) is 3.73. The van der Waals surface area contributed by atoms with E-state index in [0.717, 1.165) is 32.5 Å². The van der Waals surface area contributed by atoms with Crippen LogP contribution in [0.2, 0.25) is 0 Å². The van der Waals surface area contributed by atoms with Crippen LogP contribution in [0.4, 0.5) is 0 Å². The first kappa shape index (κ1) is 12.8. The third-order valence-corrected chi connectivity index (χ3v) is 4.33. The van der Waals surface area contributed by atoms with E-state index in [1.165, 1.54) is 7.11 Å². The highest BCUT2D eigenvalue weighted by atomic mass is 16.5. The van der Waals surface area contributed by atoms with Crippen LogP contribution >= 0.6 is 0 Å². The first-order valence-electron chi connectivity index (χ1n) is 6.49. The maximum atomic E-state index is 11.9. The summed E-state index contributed by atoms with van der Waals surface area (Å²) in [4.78, 5) is 11.9. The number of methoxy groups -OCH3 is 1. The highest BCUT2D eigenvalue weighted by molar-refractivity contribution is 5.74. The summed E-state index contributed by atoms with van der Waals surface area (Å²) in [5.41, 5.74) is 0.0558. The summed E-state index contributed by atoms with van der Waals surface area (Å²) < 4.78 is 10.7. The number of rotatable bonds is 2. The lowest BCUT2D eigenvalue weighted by Gasteiger charge is -2.42. The molecular weight excluding hydrogens is 218 g/mol. The van der Waals surface area contributed by atoms with Crippen molar-refractivity contribution in [2.24, 2.45) is 17.3 Å². The van der Waals surface area contributed by atoms with E-state index in [-0.39, 0.29) is 23.4 Å². The standard InChI is InChI=1S/C13H23NO3/c1-9(2)11-6-13(4-5-17-11)8-14-7-10(13)12(15)16-3/h9-11,14H,4-8H2,1-3H3. The molecule has 17 heavy (non-hydrogen) atoms. The predicted molar refractivity (Wildman–Crippen MR) is 64.6 cm³/mol. The second kappa shape index (κ2) is 4.94. The number of hydrogen-bond acceptors (Lipinski definition) is 4. The van der Waals surface area contributed by atoms with E-state index in [2.05, 4.69) is 19.2 Å². The fraction of sp³-hybridized carbons (Fsp3) is 0.923. The van der Waals surface area contributed by atoms with E-state index in [0.29, 0.717) is 5.92 Å². The fourth-order valence-corrected chi connectivity index (χ4v) is 3.16. The maximum absolute atomic E-state index is 11.9. The lowest BCUT2D eigenvalue weighted by molar-refractivity contribution is -0.153. The Bertz CT molecular complexity index is 292. The zero-order chi connectivity index (χ0) is 12.5. The molecule has 0 amide bonds. The molecule has 0 aliphatic carbocycles. The molecular formula is C13H23NO3. The van der Waals surface area contributed by atoms with Gasteiger partial charge in [0.25, 0.3) is 0 Å². The van der Waals surface area contributed by atoms with Crippen LogP contribution in [0.5, 0.6) is 0 Å². The van der Waals surface area contributed by atoms with Gasteiger partial charge in [-0.3, -0.25) is 4.79 Å². The molecule has 0 aromatic heterocycles. The van der Waals surface area contributed by atoms with E-state index in [4.69, 9.17) is 9.47 Å². The van der Waals surface area contributed by atoms with Gasteiger partial charge in [0.1, 0.15) is 0 Å². The largest absolute Gasteiger partial charge is 0.469 e. The van der Waals surface area contributed by atoms with Crippen LogP contribution in [-0.2, 0) is 14.3 Å². The summed E-state index contributed by atoms with van der Waals surface area (Å²) in [7, 11) is 1.48. The van der Waals surface area contributed by atoms with Gasteiger partial charge in [-0.25, -0.2) is 0 Å². The molecule has 0 aromatic rings. The van der Waals surface area contributed by atoms with Gasteiger partial charge in [-0.1, -0.05) is 13.8 Å². The van der Waals surface area contributed by atoms with Crippen LogP contribution < -0.4 is 5.32 Å². The fourth-order valence-electron chi connectivity index (χ4n) is 3.16. The minimum atomic E-state index is -0.0700. The second-order valence-electron chi connectivity index (χ2n) is 5.68. The van der Waals surface area contributed by atoms with Gasteiger partial charge in [-0.15, -0.1) is 0 Å². The van der Waals surface area contributed by atoms with Crippen LogP contribution in [0, 0.1) is 17.3 Å². The average molecular weight is 241 g/mol. The van der Waals surface area contributed by atoms with Crippen LogP contribution in [0.3, 0.4) is 0 Å². The monoisotopic (exact) mass is 241 g/mol. The lowest BCUT2D eigenvalue weighted by atomic mass is 9.69. The number of hydrogen-bond donors (Lipinski definition) is 1. The quantitative estimate of drug-likeness (QED) is 0.738. The topological polar surface area (TPSA) is 47.6 Å². The van der Waals surface area contributed by atoms with Gasteiger partial charge in [-0.05, 0) is 18.8 Å². The zero-order valence-electron chi connectivity index (χ0n) is 11.0. The molecule has 2 heterocycles. The molecule has 0 bridgehead atoms. The molecule has 3 atom stereocenters. The van der Waals surface area contributed by atoms with Gasteiger partial charge in [0, 0.05) is 25.1 Å². The summed E-state index contributed by atoms with van der Waals surface area (Å²) in [5, 5.41) is 3.35. The van der Waals surface area contributed by atoms with E-state index < -0.39 is 0 Å². The Balaban J connectivity index is 2.13. The molecule has 0 radical (unpaired) electrons. The number of esters is 1. The van der Waals surface area contributed by atoms with Gasteiger partial charge in [-0.2, -0.15) is 0 Å². The molecule has 2 rings (SSSR count). The molecule has 2 aliphatic rings. The molecule has 1 N–H and O–H groups in total. The molecule has 4 heteroatoms. The molecule has 2 aliphatic heterocycles. The van der Waals surface area contributed by atoms with Gasteiger partial charge >= 0.3 is 5.97 Å². The van der Waals surface area contributed by atoms with E-state index in [1.54, 1.807) is 0 Å². The number of carbonyl (C=O) groups is 1. The lowest BCUT2D eigenvalue weighted by Crippen LogP contribution is -2.45. The highest BCUT2D eigenvalue weighted by Gasteiger charge is 2.50. The van der Waals surface area contributed by atoms with Crippen molar-refractivity contribution in [1.29, 1.82) is 0 Å². The molecule has 3 unspecified atom stereocenters. The van der Waals surface area contributed by atoms with Crippen molar-refractivity contribution < 1.29 is 14.3 Å². The SMILES string of the molecule is COC(=O)C1CNCC12CCOC(C(C)C)C2. The highest BCUT2D eigenvalue weighted by Crippen LogP contribution is 2.44. The van der Waals surface area contributed by atoms with Crippen LogP contribution in [0.1, 0.15) is 26.7 Å². The van der Waals surface area contributed by atoms with Gasteiger partial charge in [0.15, 0.2) is 0 Å². The van der Waals surface area contributed by atoms with Crippen LogP contribution in [0.25, 0.3) is 0 Å². The number of carbonyl (C=O) groups excluding carboxylic acids is 1. The molecule has 0 aromatic carbocycles. The van der Waals surface area contributed by atoms with Crippen molar-refractivity contribution in [3.63, 3.8) is 0 Å². The minimum absolute atomic E-state index is 0.00218. The molecule has 2 saturated heterocycles. The Labute approximate surface area is 103 Å². The Morgan fingerprint density at radius 1 is 1.53 bits per heavy atom. The minimum Gasteiger partial charge on any atom is -0.469 e. The molecule has 2 fully saturated rings. The zero-order valence-corrected chi connectivity index (χ0v) is 11.0. The Morgan fingerprint density at radius 3 is 2.94 bits per heavy atom. The average Bonchev–Trinajstić information content (AvgIpc) is 2.71. The van der Waals surface area contributed by atoms with Crippen molar-refractivity contribution in [3.8, 4) is 0 Å². The van der Waals surface area contributed by atoms with Crippen molar-refractivity contribution >= 4 is 5.97 Å². The second-order valence-corrected chi connectivity index (χ2v) is 5.68. The maximum Gasteiger partial charge on any atom is 0.310 e. The first-order valence-corrected chi connectivity index (χ1v) is 6.49. The molecule has 98 valence electrons. The summed E-state index contributed by atoms with van der Waals surface area (Å²) >= 11 is 0. The third kappa shape index (κ3) is 2.33. The summed E-state index contributed by atoms with van der Waals surface area (Å²) in [5.74, 6) is 0.433. The summed E-state index contributed by atoms with van der Waals surface area (Å²) in [6, 6.07) is 0. The van der Waals surface area contributed by atoms with Crippen molar-refractivity contribution in [1.82, 2.24) is 5.32 Å². The predicted octanol–water partition coefficient (Wildman–Crippen LogP) is 1.20. The summed E-state index contributed by atoms with van der Waals surface area (Å²) in [6.45, 7) is 6.79. The van der Waals surface area contributed by atoms with Gasteiger partial charge in [0.2, 0.25) is 0 Å². The molecule has 4 nitrogen and oxygen atoms in total. The van der Waals surface area contributed by atoms with Gasteiger partial charge in [0.05, 0.1) is 19.1 Å². The normalized spacial score (nSPS) is 37.6. The first-order chi connectivity index (χ1) is 8.09. The van der Waals surface area contributed by atoms with Crippen molar-refractivity contribution in [2.75, 3.05) is 26.8 Å². The third-order valence-electron chi connectivity index (χ3n) is 4.33. The Morgan fingerprint density at radius 2 is 2.29 bits per heavy atom.